The number of nitrogens with zero attached hydrogens (tertiary/aromatic N) is 2. The number of aryl methyl sites for hydroxylation is 2. The number of aromatic nitrogens is 2. The summed E-state index contributed by atoms with van der Waals surface area (Å²) in [6.07, 6.45) is 1.61. The van der Waals surface area contributed by atoms with E-state index in [0.29, 0.717) is 28.1 Å². The van der Waals surface area contributed by atoms with E-state index in [1.807, 2.05) is 6.92 Å². The number of benzene rings is 1. The Labute approximate surface area is 109 Å². The van der Waals surface area contributed by atoms with Crippen LogP contribution in [0.1, 0.15) is 39.8 Å². The van der Waals surface area contributed by atoms with Gasteiger partial charge in [-0.15, -0.1) is 5.10 Å². The van der Waals surface area contributed by atoms with Crippen molar-refractivity contribution in [3.63, 3.8) is 0 Å². The molecule has 94 valence electrons. The Bertz CT molecular complexity index is 580. The Balaban J connectivity index is 2.35. The Morgan fingerprint density at radius 2 is 2.22 bits per heavy atom. The molecule has 0 aliphatic heterocycles. The summed E-state index contributed by atoms with van der Waals surface area (Å²) in [6.45, 7) is 3.68. The van der Waals surface area contributed by atoms with Crippen molar-refractivity contribution in [3.05, 3.63) is 45.7 Å². The highest BCUT2D eigenvalue weighted by atomic mass is 32.1. The van der Waals surface area contributed by atoms with Crippen molar-refractivity contribution in [2.45, 2.75) is 26.7 Å². The van der Waals surface area contributed by atoms with Crippen LogP contribution in [0.2, 0.25) is 0 Å². The van der Waals surface area contributed by atoms with E-state index >= 15 is 0 Å². The Morgan fingerprint density at radius 1 is 1.44 bits per heavy atom. The van der Waals surface area contributed by atoms with Gasteiger partial charge in [0.15, 0.2) is 0 Å². The van der Waals surface area contributed by atoms with Gasteiger partial charge in [-0.2, -0.15) is 0 Å². The molecule has 0 amide bonds. The first-order valence-electron chi connectivity index (χ1n) is 5.75. The fourth-order valence-corrected chi connectivity index (χ4v) is 2.32. The van der Waals surface area contributed by atoms with E-state index in [-0.39, 0.29) is 11.6 Å². The highest BCUT2D eigenvalue weighted by molar-refractivity contribution is 7.08. The number of ketones is 1. The molecule has 0 fully saturated rings. The second-order valence-corrected chi connectivity index (χ2v) is 4.85. The average molecular weight is 264 g/mol. The van der Waals surface area contributed by atoms with Crippen molar-refractivity contribution < 1.29 is 9.18 Å². The first-order chi connectivity index (χ1) is 8.63. The van der Waals surface area contributed by atoms with Gasteiger partial charge in [0.1, 0.15) is 10.7 Å². The van der Waals surface area contributed by atoms with Gasteiger partial charge in [-0.1, -0.05) is 30.0 Å². The van der Waals surface area contributed by atoms with Crippen LogP contribution in [-0.4, -0.2) is 15.4 Å². The lowest BCUT2D eigenvalue weighted by molar-refractivity contribution is 0.104. The zero-order valence-electron chi connectivity index (χ0n) is 10.2. The lowest BCUT2D eigenvalue weighted by Gasteiger charge is -2.02. The topological polar surface area (TPSA) is 42.9 Å². The number of carbonyl (C=O) groups excluding carboxylic acids is 1. The number of hydrogen-bond donors (Lipinski definition) is 0. The summed E-state index contributed by atoms with van der Waals surface area (Å²) in [6, 6.07) is 4.51. The van der Waals surface area contributed by atoms with Crippen molar-refractivity contribution >= 4 is 17.3 Å². The molecule has 0 saturated heterocycles. The third kappa shape index (κ3) is 2.46. The maximum Gasteiger partial charge on any atom is 0.206 e. The maximum atomic E-state index is 13.4. The lowest BCUT2D eigenvalue weighted by atomic mass is 10.1. The molecule has 5 heteroatoms. The smallest absolute Gasteiger partial charge is 0.206 e. The van der Waals surface area contributed by atoms with Crippen LogP contribution < -0.4 is 0 Å². The molecule has 2 aromatic rings. The molecule has 2 rings (SSSR count). The van der Waals surface area contributed by atoms with Crippen molar-refractivity contribution in [3.8, 4) is 0 Å². The molecule has 3 nitrogen and oxygen atoms in total. The van der Waals surface area contributed by atoms with E-state index in [2.05, 4.69) is 9.59 Å². The molecule has 0 aliphatic rings. The highest BCUT2D eigenvalue weighted by Gasteiger charge is 2.18. The average Bonchev–Trinajstić information content (AvgIpc) is 2.80. The summed E-state index contributed by atoms with van der Waals surface area (Å²) in [4.78, 5) is 12.7. The zero-order chi connectivity index (χ0) is 13.1. The number of rotatable bonds is 4. The summed E-state index contributed by atoms with van der Waals surface area (Å²) < 4.78 is 17.3. The van der Waals surface area contributed by atoms with Gasteiger partial charge in [0.2, 0.25) is 5.78 Å². The normalized spacial score (nSPS) is 10.6. The maximum absolute atomic E-state index is 13.4. The third-order valence-corrected chi connectivity index (χ3v) is 3.45. The summed E-state index contributed by atoms with van der Waals surface area (Å²) in [5.41, 5.74) is 1.58. The van der Waals surface area contributed by atoms with Gasteiger partial charge in [-0.3, -0.25) is 4.79 Å². The van der Waals surface area contributed by atoms with Crippen LogP contribution in [0.3, 0.4) is 0 Å². The van der Waals surface area contributed by atoms with E-state index in [0.717, 1.165) is 18.0 Å². The lowest BCUT2D eigenvalue weighted by Crippen LogP contribution is -2.03. The quantitative estimate of drug-likeness (QED) is 0.797. The minimum Gasteiger partial charge on any atom is -0.288 e. The van der Waals surface area contributed by atoms with Crippen LogP contribution in [0.25, 0.3) is 0 Å². The van der Waals surface area contributed by atoms with Crippen LogP contribution in [0, 0.1) is 12.7 Å². The molecule has 1 heterocycles. The van der Waals surface area contributed by atoms with Crippen molar-refractivity contribution in [1.82, 2.24) is 9.59 Å². The van der Waals surface area contributed by atoms with Gasteiger partial charge in [-0.25, -0.2) is 4.39 Å². The number of hydrogen-bond acceptors (Lipinski definition) is 4. The van der Waals surface area contributed by atoms with Crippen LogP contribution in [0.5, 0.6) is 0 Å². The summed E-state index contributed by atoms with van der Waals surface area (Å²) in [7, 11) is 0. The van der Waals surface area contributed by atoms with Gasteiger partial charge >= 0.3 is 0 Å². The monoisotopic (exact) mass is 264 g/mol. The molecular formula is C13H13FN2OS. The molecule has 18 heavy (non-hydrogen) atoms. The minimum absolute atomic E-state index is 0.202. The van der Waals surface area contributed by atoms with E-state index in [4.69, 9.17) is 0 Å². The largest absolute Gasteiger partial charge is 0.288 e. The Morgan fingerprint density at radius 3 is 2.89 bits per heavy atom. The summed E-state index contributed by atoms with van der Waals surface area (Å²) in [5, 5.41) is 3.95. The van der Waals surface area contributed by atoms with Crippen molar-refractivity contribution in [2.75, 3.05) is 0 Å². The van der Waals surface area contributed by atoms with Gasteiger partial charge in [0.05, 0.1) is 5.69 Å². The molecule has 0 N–H and O–H groups in total. The zero-order valence-corrected chi connectivity index (χ0v) is 11.1. The predicted octanol–water partition coefficient (Wildman–Crippen LogP) is 3.17. The molecule has 1 aromatic heterocycles. The van der Waals surface area contributed by atoms with Crippen LogP contribution in [-0.2, 0) is 6.42 Å². The molecule has 1 aromatic carbocycles. The van der Waals surface area contributed by atoms with Crippen LogP contribution >= 0.6 is 11.5 Å². The first-order valence-corrected chi connectivity index (χ1v) is 6.53. The predicted molar refractivity (Wildman–Crippen MR) is 68.5 cm³/mol. The van der Waals surface area contributed by atoms with Gasteiger partial charge in [0.25, 0.3) is 0 Å². The SMILES string of the molecule is CCCc1nnsc1C(=O)c1ccc(C)c(F)c1. The molecule has 0 unspecified atom stereocenters. The van der Waals surface area contributed by atoms with E-state index in [1.54, 1.807) is 19.1 Å². The van der Waals surface area contributed by atoms with Gasteiger partial charge < -0.3 is 0 Å². The van der Waals surface area contributed by atoms with Crippen molar-refractivity contribution in [1.29, 1.82) is 0 Å². The fraction of sp³-hybridized carbons (Fsp3) is 0.308. The van der Waals surface area contributed by atoms with Gasteiger partial charge in [0, 0.05) is 5.56 Å². The molecule has 0 aliphatic carbocycles. The second kappa shape index (κ2) is 5.35. The van der Waals surface area contributed by atoms with Crippen LogP contribution in [0.15, 0.2) is 18.2 Å². The molecule has 0 spiro atoms. The highest BCUT2D eigenvalue weighted by Crippen LogP contribution is 2.19. The van der Waals surface area contributed by atoms with Gasteiger partial charge in [-0.05, 0) is 36.5 Å². The van der Waals surface area contributed by atoms with E-state index < -0.39 is 0 Å². The third-order valence-electron chi connectivity index (χ3n) is 2.68. The van der Waals surface area contributed by atoms with Crippen molar-refractivity contribution in [2.24, 2.45) is 0 Å². The molecule has 0 bridgehead atoms. The summed E-state index contributed by atoms with van der Waals surface area (Å²) >= 11 is 1.07. The Kier molecular flexibility index (Phi) is 3.81. The van der Waals surface area contributed by atoms with E-state index in [1.165, 1.54) is 6.07 Å². The standard InChI is InChI=1S/C13H13FN2OS/c1-3-4-11-13(18-16-15-11)12(17)9-6-5-8(2)10(14)7-9/h5-7H,3-4H2,1-2H3. The second-order valence-electron chi connectivity index (χ2n) is 4.09. The minimum atomic E-state index is -0.365. The summed E-state index contributed by atoms with van der Waals surface area (Å²) in [5.74, 6) is -0.567. The Hall–Kier alpha value is -1.62. The number of carbonyl (C=O) groups is 1. The molecular weight excluding hydrogens is 251 g/mol. The fourth-order valence-electron chi connectivity index (χ4n) is 1.65. The molecule has 0 saturated carbocycles. The van der Waals surface area contributed by atoms with Crippen LogP contribution in [0.4, 0.5) is 4.39 Å². The first kappa shape index (κ1) is 12.8. The molecule has 0 radical (unpaired) electrons. The molecule has 0 atom stereocenters. The van der Waals surface area contributed by atoms with E-state index in [9.17, 15) is 9.18 Å². The number of halogens is 1.